The lowest BCUT2D eigenvalue weighted by molar-refractivity contribution is 0.0695. The largest absolute Gasteiger partial charge is 0.496 e. The van der Waals surface area contributed by atoms with Gasteiger partial charge in [-0.3, -0.25) is 0 Å². The van der Waals surface area contributed by atoms with Crippen molar-refractivity contribution in [2.45, 2.75) is 26.0 Å². The summed E-state index contributed by atoms with van der Waals surface area (Å²) in [6.45, 7) is 5.91. The van der Waals surface area contributed by atoms with Crippen LogP contribution in [0.2, 0.25) is 0 Å². The van der Waals surface area contributed by atoms with Gasteiger partial charge in [0, 0.05) is 38.0 Å². The number of likely N-dealkylation sites (N-methyl/N-ethyl adjacent to an activating group) is 1. The second-order valence-corrected chi connectivity index (χ2v) is 5.16. The molecule has 0 fully saturated rings. The molecule has 120 valence electrons. The van der Waals surface area contributed by atoms with E-state index in [9.17, 15) is 5.11 Å². The van der Waals surface area contributed by atoms with Gasteiger partial charge in [-0.1, -0.05) is 13.0 Å². The van der Waals surface area contributed by atoms with Crippen LogP contribution in [0.4, 0.5) is 5.69 Å². The zero-order valence-electron chi connectivity index (χ0n) is 13.7. The Morgan fingerprint density at radius 3 is 2.62 bits per heavy atom. The van der Waals surface area contributed by atoms with Crippen LogP contribution < -0.4 is 15.0 Å². The van der Waals surface area contributed by atoms with Gasteiger partial charge in [0.2, 0.25) is 0 Å². The Labute approximate surface area is 127 Å². The van der Waals surface area contributed by atoms with Crippen LogP contribution in [0.1, 0.15) is 25.5 Å². The number of aliphatic hydroxyl groups is 1. The number of aliphatic hydroxyl groups excluding tert-OH is 1. The van der Waals surface area contributed by atoms with E-state index in [1.54, 1.807) is 14.2 Å². The monoisotopic (exact) mass is 296 g/mol. The minimum absolute atomic E-state index is 0.170. The summed E-state index contributed by atoms with van der Waals surface area (Å²) in [7, 11) is 5.24. The number of benzene rings is 1. The molecule has 0 aliphatic rings. The van der Waals surface area contributed by atoms with E-state index >= 15 is 0 Å². The van der Waals surface area contributed by atoms with Gasteiger partial charge in [0.15, 0.2) is 0 Å². The first-order valence-electron chi connectivity index (χ1n) is 7.33. The molecule has 5 heteroatoms. The Morgan fingerprint density at radius 1 is 1.33 bits per heavy atom. The van der Waals surface area contributed by atoms with Gasteiger partial charge in [0.25, 0.3) is 0 Å². The standard InChI is InChI=1S/C16H28N2O3/c1-6-17-12(2)16-14(8-7-9-15(16)21-5)18(3)10-13(19)11-20-4/h7-9,12-13,17,19H,6,10-11H2,1-5H3. The van der Waals surface area contributed by atoms with Crippen molar-refractivity contribution >= 4 is 5.69 Å². The number of methoxy groups -OCH3 is 2. The maximum Gasteiger partial charge on any atom is 0.125 e. The van der Waals surface area contributed by atoms with Gasteiger partial charge < -0.3 is 24.8 Å². The van der Waals surface area contributed by atoms with E-state index in [2.05, 4.69) is 19.2 Å². The molecule has 0 heterocycles. The summed E-state index contributed by atoms with van der Waals surface area (Å²) in [4.78, 5) is 2.04. The Hall–Kier alpha value is -1.30. The Balaban J connectivity index is 3.04. The molecule has 1 aromatic rings. The fourth-order valence-corrected chi connectivity index (χ4v) is 2.55. The summed E-state index contributed by atoms with van der Waals surface area (Å²) in [5.41, 5.74) is 2.16. The van der Waals surface area contributed by atoms with Gasteiger partial charge in [-0.15, -0.1) is 0 Å². The van der Waals surface area contributed by atoms with Crippen LogP contribution in [0, 0.1) is 0 Å². The predicted octanol–water partition coefficient (Wildman–Crippen LogP) is 1.81. The Bertz CT molecular complexity index is 426. The number of rotatable bonds is 9. The van der Waals surface area contributed by atoms with Crippen molar-refractivity contribution in [1.82, 2.24) is 5.32 Å². The Kier molecular flexibility index (Phi) is 7.50. The van der Waals surface area contributed by atoms with Gasteiger partial charge in [-0.2, -0.15) is 0 Å². The molecule has 2 N–H and O–H groups in total. The molecule has 0 aliphatic heterocycles. The molecule has 5 nitrogen and oxygen atoms in total. The zero-order valence-corrected chi connectivity index (χ0v) is 13.7. The number of ether oxygens (including phenoxy) is 2. The highest BCUT2D eigenvalue weighted by Crippen LogP contribution is 2.34. The van der Waals surface area contributed by atoms with Crippen molar-refractivity contribution in [2.75, 3.05) is 45.9 Å². The van der Waals surface area contributed by atoms with E-state index in [1.165, 1.54) is 0 Å². The highest BCUT2D eigenvalue weighted by Gasteiger charge is 2.19. The summed E-state index contributed by atoms with van der Waals surface area (Å²) in [6, 6.07) is 6.15. The van der Waals surface area contributed by atoms with Crippen LogP contribution >= 0.6 is 0 Å². The number of nitrogens with zero attached hydrogens (tertiary/aromatic N) is 1. The summed E-state index contributed by atoms with van der Waals surface area (Å²) in [6.07, 6.45) is -0.520. The second kappa shape index (κ2) is 8.87. The van der Waals surface area contributed by atoms with Crippen molar-refractivity contribution in [3.8, 4) is 5.75 Å². The number of anilines is 1. The highest BCUT2D eigenvalue weighted by molar-refractivity contribution is 5.60. The zero-order chi connectivity index (χ0) is 15.8. The number of hydrogen-bond acceptors (Lipinski definition) is 5. The Morgan fingerprint density at radius 2 is 2.05 bits per heavy atom. The molecule has 0 aromatic heterocycles. The molecule has 0 radical (unpaired) electrons. The average Bonchev–Trinajstić information content (AvgIpc) is 2.46. The van der Waals surface area contributed by atoms with E-state index < -0.39 is 6.10 Å². The quantitative estimate of drug-likeness (QED) is 0.728. The summed E-state index contributed by atoms with van der Waals surface area (Å²) in [5.74, 6) is 0.856. The minimum atomic E-state index is -0.520. The van der Waals surface area contributed by atoms with E-state index in [4.69, 9.17) is 9.47 Å². The summed E-state index contributed by atoms with van der Waals surface area (Å²) in [5, 5.41) is 13.3. The highest BCUT2D eigenvalue weighted by atomic mass is 16.5. The van der Waals surface area contributed by atoms with E-state index in [-0.39, 0.29) is 6.04 Å². The lowest BCUT2D eigenvalue weighted by Crippen LogP contribution is -2.33. The maximum atomic E-state index is 9.93. The fraction of sp³-hybridized carbons (Fsp3) is 0.625. The fourth-order valence-electron chi connectivity index (χ4n) is 2.55. The van der Waals surface area contributed by atoms with Crippen molar-refractivity contribution in [3.63, 3.8) is 0 Å². The molecular weight excluding hydrogens is 268 g/mol. The van der Waals surface area contributed by atoms with Crippen molar-refractivity contribution in [1.29, 1.82) is 0 Å². The summed E-state index contributed by atoms with van der Waals surface area (Å²) >= 11 is 0. The van der Waals surface area contributed by atoms with Crippen LogP contribution in [0.15, 0.2) is 18.2 Å². The molecule has 21 heavy (non-hydrogen) atoms. The van der Waals surface area contributed by atoms with Gasteiger partial charge >= 0.3 is 0 Å². The van der Waals surface area contributed by atoms with Crippen molar-refractivity contribution < 1.29 is 14.6 Å². The number of nitrogens with one attached hydrogen (secondary N) is 1. The molecule has 0 saturated heterocycles. The van der Waals surface area contributed by atoms with Gasteiger partial charge in [-0.25, -0.2) is 0 Å². The van der Waals surface area contributed by atoms with Crippen LogP contribution in [0.3, 0.4) is 0 Å². The average molecular weight is 296 g/mol. The van der Waals surface area contributed by atoms with Gasteiger partial charge in [-0.05, 0) is 25.6 Å². The molecule has 0 aliphatic carbocycles. The first-order valence-corrected chi connectivity index (χ1v) is 7.33. The molecule has 0 bridgehead atoms. The van der Waals surface area contributed by atoms with Crippen molar-refractivity contribution in [2.24, 2.45) is 0 Å². The van der Waals surface area contributed by atoms with Gasteiger partial charge in [0.1, 0.15) is 5.75 Å². The number of hydrogen-bond donors (Lipinski definition) is 2. The van der Waals surface area contributed by atoms with Crippen LogP contribution in [0.5, 0.6) is 5.75 Å². The van der Waals surface area contributed by atoms with Crippen LogP contribution in [-0.4, -0.2) is 52.2 Å². The van der Waals surface area contributed by atoms with E-state index in [0.717, 1.165) is 23.5 Å². The van der Waals surface area contributed by atoms with Crippen LogP contribution in [0.25, 0.3) is 0 Å². The molecule has 0 spiro atoms. The minimum Gasteiger partial charge on any atom is -0.496 e. The van der Waals surface area contributed by atoms with E-state index in [1.807, 2.05) is 30.1 Å². The predicted molar refractivity (Wildman–Crippen MR) is 86.2 cm³/mol. The molecule has 2 atom stereocenters. The third-order valence-corrected chi connectivity index (χ3v) is 3.46. The molecule has 1 aromatic carbocycles. The first kappa shape index (κ1) is 17.8. The SMILES string of the molecule is CCNC(C)c1c(OC)cccc1N(C)CC(O)COC. The normalized spacial score (nSPS) is 13.8. The van der Waals surface area contributed by atoms with Crippen LogP contribution in [-0.2, 0) is 4.74 Å². The molecule has 2 unspecified atom stereocenters. The molecule has 0 amide bonds. The third kappa shape index (κ3) is 4.88. The second-order valence-electron chi connectivity index (χ2n) is 5.16. The lowest BCUT2D eigenvalue weighted by atomic mass is 10.0. The summed E-state index contributed by atoms with van der Waals surface area (Å²) < 4.78 is 10.5. The molecule has 1 rings (SSSR count). The molecule has 0 saturated carbocycles. The maximum absolute atomic E-state index is 9.93. The first-order chi connectivity index (χ1) is 10.0. The third-order valence-electron chi connectivity index (χ3n) is 3.46. The van der Waals surface area contributed by atoms with E-state index in [0.29, 0.717) is 13.2 Å². The topological polar surface area (TPSA) is 54.0 Å². The molecular formula is C16H28N2O3. The van der Waals surface area contributed by atoms with Gasteiger partial charge in [0.05, 0.1) is 19.8 Å². The smallest absolute Gasteiger partial charge is 0.125 e. The lowest BCUT2D eigenvalue weighted by Gasteiger charge is -2.28. The van der Waals surface area contributed by atoms with Crippen molar-refractivity contribution in [3.05, 3.63) is 23.8 Å².